The third-order valence-electron chi connectivity index (χ3n) is 0.716. The highest BCUT2D eigenvalue weighted by Crippen LogP contribution is 2.18. The summed E-state index contributed by atoms with van der Waals surface area (Å²) in [4.78, 5) is 0. The fourth-order valence-corrected chi connectivity index (χ4v) is 0.136. The fourth-order valence-electron chi connectivity index (χ4n) is 0.136. The Morgan fingerprint density at radius 1 is 1.62 bits per heavy atom. The van der Waals surface area contributed by atoms with E-state index in [1.165, 1.54) is 0 Å². The molecule has 0 amide bonds. The Bertz CT molecular complexity index is 88.4. The fraction of sp³-hybridized carbons (Fsp3) is 0.400. The molecule has 3 heteroatoms. The number of halogens is 2. The van der Waals surface area contributed by atoms with Crippen molar-refractivity contribution in [2.24, 2.45) is 0 Å². The summed E-state index contributed by atoms with van der Waals surface area (Å²) in [5.41, 5.74) is 0. The van der Waals surface area contributed by atoms with Crippen LogP contribution in [0, 0.1) is 6.92 Å². The van der Waals surface area contributed by atoms with Crippen molar-refractivity contribution in [1.82, 2.24) is 0 Å². The predicted octanol–water partition coefficient (Wildman–Crippen LogP) is 1.00. The topological polar surface area (TPSA) is 20.2 Å². The molecule has 0 spiro atoms. The van der Waals surface area contributed by atoms with Gasteiger partial charge in [0.1, 0.15) is 6.10 Å². The smallest absolute Gasteiger partial charge is 0.291 e. The first-order valence-electron chi connectivity index (χ1n) is 2.03. The number of aliphatic hydroxyl groups is 1. The highest BCUT2D eigenvalue weighted by Gasteiger charge is 2.30. The maximum atomic E-state index is 11.8. The minimum atomic E-state index is -3.25. The van der Waals surface area contributed by atoms with Gasteiger partial charge in [-0.15, -0.1) is 0 Å². The van der Waals surface area contributed by atoms with E-state index in [1.54, 1.807) is 0 Å². The molecule has 0 aliphatic carbocycles. The second-order valence-electron chi connectivity index (χ2n) is 1.39. The largest absolute Gasteiger partial charge is 0.386 e. The number of aliphatic hydroxyl groups excluding tert-OH is 1. The summed E-state index contributed by atoms with van der Waals surface area (Å²) in [6.45, 7) is 5.52. The van der Waals surface area contributed by atoms with Gasteiger partial charge in [0.25, 0.3) is 5.92 Å². The van der Waals surface area contributed by atoms with Crippen LogP contribution in [0.1, 0.15) is 0 Å². The maximum Gasteiger partial charge on any atom is 0.291 e. The summed E-state index contributed by atoms with van der Waals surface area (Å²) < 4.78 is 23.7. The van der Waals surface area contributed by atoms with Gasteiger partial charge in [0, 0.05) is 0 Å². The number of hydrogen-bond donors (Lipinski definition) is 1. The molecule has 1 unspecified atom stereocenters. The number of rotatable bonds is 2. The van der Waals surface area contributed by atoms with E-state index in [2.05, 4.69) is 13.5 Å². The molecule has 0 aromatic heterocycles. The molecular weight excluding hydrogens is 114 g/mol. The molecule has 0 heterocycles. The molecule has 1 nitrogen and oxygen atoms in total. The lowest BCUT2D eigenvalue weighted by molar-refractivity contribution is -0.0462. The summed E-state index contributed by atoms with van der Waals surface area (Å²) in [5.74, 6) is -3.25. The minimum absolute atomic E-state index is 0.366. The monoisotopic (exact) mass is 121 g/mol. The lowest BCUT2D eigenvalue weighted by atomic mass is 10.2. The standard InChI is InChI=1S/C5H7F2O/c1-3-5(6,7)4(2)8/h3-4,8H,1-2H2. The van der Waals surface area contributed by atoms with Gasteiger partial charge in [-0.2, -0.15) is 8.78 Å². The zero-order valence-corrected chi connectivity index (χ0v) is 4.27. The van der Waals surface area contributed by atoms with Crippen molar-refractivity contribution in [2.45, 2.75) is 12.0 Å². The highest BCUT2D eigenvalue weighted by atomic mass is 19.3. The summed E-state index contributed by atoms with van der Waals surface area (Å²) in [6.07, 6.45) is -1.52. The second kappa shape index (κ2) is 2.22. The van der Waals surface area contributed by atoms with Crippen molar-refractivity contribution >= 4 is 0 Å². The Morgan fingerprint density at radius 3 is 2.00 bits per heavy atom. The molecule has 8 heavy (non-hydrogen) atoms. The molecule has 47 valence electrons. The zero-order valence-electron chi connectivity index (χ0n) is 4.27. The van der Waals surface area contributed by atoms with Crippen LogP contribution in [0.25, 0.3) is 0 Å². The van der Waals surface area contributed by atoms with E-state index in [4.69, 9.17) is 5.11 Å². The van der Waals surface area contributed by atoms with Crippen molar-refractivity contribution < 1.29 is 13.9 Å². The van der Waals surface area contributed by atoms with Crippen LogP contribution < -0.4 is 0 Å². The van der Waals surface area contributed by atoms with E-state index in [1.807, 2.05) is 0 Å². The number of alkyl halides is 2. The van der Waals surface area contributed by atoms with E-state index in [9.17, 15) is 8.78 Å². The summed E-state index contributed by atoms with van der Waals surface area (Å²) in [5, 5.41) is 8.15. The first-order valence-corrected chi connectivity index (χ1v) is 2.03. The van der Waals surface area contributed by atoms with E-state index in [0.29, 0.717) is 6.08 Å². The molecule has 1 atom stereocenters. The van der Waals surface area contributed by atoms with Gasteiger partial charge < -0.3 is 5.11 Å². The van der Waals surface area contributed by atoms with Crippen LogP contribution in [0.4, 0.5) is 8.78 Å². The van der Waals surface area contributed by atoms with Crippen LogP contribution in [-0.2, 0) is 0 Å². The Kier molecular flexibility index (Phi) is 2.10. The minimum Gasteiger partial charge on any atom is -0.386 e. The normalized spacial score (nSPS) is 15.5. The van der Waals surface area contributed by atoms with Crippen molar-refractivity contribution in [3.8, 4) is 0 Å². The van der Waals surface area contributed by atoms with Crippen LogP contribution in [0.3, 0.4) is 0 Å². The van der Waals surface area contributed by atoms with Gasteiger partial charge >= 0.3 is 0 Å². The molecule has 0 aromatic rings. The molecule has 0 fully saturated rings. The molecule has 1 N–H and O–H groups in total. The Labute approximate surface area is 46.6 Å². The van der Waals surface area contributed by atoms with E-state index < -0.39 is 12.0 Å². The van der Waals surface area contributed by atoms with Crippen LogP contribution in [-0.4, -0.2) is 17.1 Å². The average Bonchev–Trinajstić information content (AvgIpc) is 1.67. The predicted molar refractivity (Wildman–Crippen MR) is 26.5 cm³/mol. The highest BCUT2D eigenvalue weighted by molar-refractivity contribution is 4.93. The van der Waals surface area contributed by atoms with Crippen LogP contribution in [0.2, 0.25) is 0 Å². The van der Waals surface area contributed by atoms with Crippen LogP contribution in [0.15, 0.2) is 12.7 Å². The molecule has 0 bridgehead atoms. The Morgan fingerprint density at radius 2 is 2.00 bits per heavy atom. The van der Waals surface area contributed by atoms with Gasteiger partial charge in [-0.3, -0.25) is 0 Å². The van der Waals surface area contributed by atoms with E-state index in [-0.39, 0.29) is 0 Å². The van der Waals surface area contributed by atoms with Crippen LogP contribution in [0.5, 0.6) is 0 Å². The van der Waals surface area contributed by atoms with Crippen molar-refractivity contribution in [1.29, 1.82) is 0 Å². The third-order valence-corrected chi connectivity index (χ3v) is 0.716. The quantitative estimate of drug-likeness (QED) is 0.540. The second-order valence-corrected chi connectivity index (χ2v) is 1.39. The molecule has 0 aliphatic rings. The van der Waals surface area contributed by atoms with Gasteiger partial charge in [-0.05, 0) is 13.0 Å². The Hall–Kier alpha value is -0.440. The SMILES string of the molecule is [CH2]C(O)C(F)(F)C=C. The molecule has 0 saturated carbocycles. The van der Waals surface area contributed by atoms with Gasteiger partial charge in [0.15, 0.2) is 0 Å². The first kappa shape index (κ1) is 7.56. The summed E-state index contributed by atoms with van der Waals surface area (Å²) in [7, 11) is 0. The lowest BCUT2D eigenvalue weighted by Crippen LogP contribution is -2.27. The van der Waals surface area contributed by atoms with Crippen molar-refractivity contribution in [3.05, 3.63) is 19.6 Å². The molecule has 1 radical (unpaired) electrons. The average molecular weight is 121 g/mol. The van der Waals surface area contributed by atoms with E-state index >= 15 is 0 Å². The molecular formula is C5H7F2O. The van der Waals surface area contributed by atoms with E-state index in [0.717, 1.165) is 0 Å². The van der Waals surface area contributed by atoms with Crippen molar-refractivity contribution in [2.75, 3.05) is 0 Å². The number of hydrogen-bond acceptors (Lipinski definition) is 1. The Balaban J connectivity index is 3.90. The third kappa shape index (κ3) is 1.58. The molecule has 0 saturated heterocycles. The van der Waals surface area contributed by atoms with Gasteiger partial charge in [-0.1, -0.05) is 6.58 Å². The summed E-state index contributed by atoms with van der Waals surface area (Å²) in [6, 6.07) is 0. The molecule has 0 rings (SSSR count). The molecule has 0 aliphatic heterocycles. The lowest BCUT2D eigenvalue weighted by Gasteiger charge is -2.12. The van der Waals surface area contributed by atoms with Crippen LogP contribution >= 0.6 is 0 Å². The maximum absolute atomic E-state index is 11.8. The summed E-state index contributed by atoms with van der Waals surface area (Å²) >= 11 is 0. The van der Waals surface area contributed by atoms with Gasteiger partial charge in [0.2, 0.25) is 0 Å². The first-order chi connectivity index (χ1) is 3.50. The molecule has 0 aromatic carbocycles. The van der Waals surface area contributed by atoms with Gasteiger partial charge in [-0.25, -0.2) is 0 Å². The van der Waals surface area contributed by atoms with Gasteiger partial charge in [0.05, 0.1) is 0 Å². The van der Waals surface area contributed by atoms with Crippen molar-refractivity contribution in [3.63, 3.8) is 0 Å². The zero-order chi connectivity index (χ0) is 6.78.